The van der Waals surface area contributed by atoms with Gasteiger partial charge in [0.15, 0.2) is 0 Å². The summed E-state index contributed by atoms with van der Waals surface area (Å²) in [6.07, 6.45) is 9.53. The monoisotopic (exact) mass is 295 g/mol. The largest absolute Gasteiger partial charge is 0.481 e. The van der Waals surface area contributed by atoms with Gasteiger partial charge in [0, 0.05) is 18.9 Å². The summed E-state index contributed by atoms with van der Waals surface area (Å²) in [5.74, 6) is 1.50. The van der Waals surface area contributed by atoms with Crippen LogP contribution in [0.4, 0.5) is 0 Å². The van der Waals surface area contributed by atoms with Crippen molar-refractivity contribution in [1.82, 2.24) is 5.32 Å². The van der Waals surface area contributed by atoms with Crippen molar-refractivity contribution in [2.24, 2.45) is 23.7 Å². The van der Waals surface area contributed by atoms with Crippen LogP contribution < -0.4 is 5.32 Å². The third-order valence-electron chi connectivity index (χ3n) is 5.39. The molecule has 0 aliphatic heterocycles. The summed E-state index contributed by atoms with van der Waals surface area (Å²) in [5.41, 5.74) is 0. The Morgan fingerprint density at radius 3 is 2.57 bits per heavy atom. The van der Waals surface area contributed by atoms with Gasteiger partial charge >= 0.3 is 5.97 Å². The normalized spacial score (nSPS) is 30.2. The lowest BCUT2D eigenvalue weighted by atomic mass is 9.67. The van der Waals surface area contributed by atoms with Crippen LogP contribution in [0.25, 0.3) is 0 Å². The first-order chi connectivity index (χ1) is 10.1. The first-order valence-electron chi connectivity index (χ1n) is 8.55. The maximum atomic E-state index is 12.3. The predicted octanol–water partition coefficient (Wildman–Crippen LogP) is 3.21. The zero-order valence-electron chi connectivity index (χ0n) is 13.1. The quantitative estimate of drug-likeness (QED) is 0.790. The summed E-state index contributed by atoms with van der Waals surface area (Å²) < 4.78 is 0. The average Bonchev–Trinajstić information content (AvgIpc) is 2.50. The smallest absolute Gasteiger partial charge is 0.303 e. The molecule has 0 spiro atoms. The molecule has 1 amide bonds. The van der Waals surface area contributed by atoms with Crippen molar-refractivity contribution in [3.05, 3.63) is 0 Å². The van der Waals surface area contributed by atoms with E-state index in [2.05, 4.69) is 5.32 Å². The zero-order valence-corrected chi connectivity index (χ0v) is 13.1. The van der Waals surface area contributed by atoms with Crippen LogP contribution in [0, 0.1) is 23.7 Å². The van der Waals surface area contributed by atoms with Crippen molar-refractivity contribution < 1.29 is 14.7 Å². The molecule has 0 aromatic rings. The molecule has 2 aliphatic rings. The highest BCUT2D eigenvalue weighted by atomic mass is 16.4. The van der Waals surface area contributed by atoms with Gasteiger partial charge in [-0.05, 0) is 43.4 Å². The molecule has 4 nitrogen and oxygen atoms in total. The number of fused-ring (bicyclic) bond motifs is 1. The average molecular weight is 295 g/mol. The fourth-order valence-electron chi connectivity index (χ4n) is 4.00. The minimum atomic E-state index is -0.760. The van der Waals surface area contributed by atoms with E-state index in [1.807, 2.05) is 6.92 Å². The lowest BCUT2D eigenvalue weighted by molar-refractivity contribution is -0.137. The molecule has 0 aromatic heterocycles. The third kappa shape index (κ3) is 5.01. The van der Waals surface area contributed by atoms with Gasteiger partial charge in [-0.25, -0.2) is 0 Å². The second-order valence-electron chi connectivity index (χ2n) is 7.10. The summed E-state index contributed by atoms with van der Waals surface area (Å²) >= 11 is 0. The maximum absolute atomic E-state index is 12.3. The Morgan fingerprint density at radius 2 is 1.86 bits per heavy atom. The van der Waals surface area contributed by atoms with Gasteiger partial charge in [0.2, 0.25) is 5.91 Å². The van der Waals surface area contributed by atoms with Crippen LogP contribution in [-0.4, -0.2) is 23.5 Å². The predicted molar refractivity (Wildman–Crippen MR) is 81.8 cm³/mol. The number of carbonyl (C=O) groups excluding carboxylic acids is 1. The minimum absolute atomic E-state index is 0.185. The van der Waals surface area contributed by atoms with Gasteiger partial charge in [-0.1, -0.05) is 32.6 Å². The molecular weight excluding hydrogens is 266 g/mol. The highest BCUT2D eigenvalue weighted by Crippen LogP contribution is 2.42. The van der Waals surface area contributed by atoms with Crippen LogP contribution in [0.2, 0.25) is 0 Å². The molecule has 2 rings (SSSR count). The molecule has 2 N–H and O–H groups in total. The van der Waals surface area contributed by atoms with E-state index in [9.17, 15) is 9.59 Å². The van der Waals surface area contributed by atoms with E-state index in [0.717, 1.165) is 24.7 Å². The second-order valence-corrected chi connectivity index (χ2v) is 7.10. The number of amides is 1. The second kappa shape index (κ2) is 7.81. The molecule has 4 atom stereocenters. The Bertz CT molecular complexity index is 369. The Balaban J connectivity index is 1.69. The van der Waals surface area contributed by atoms with Crippen LogP contribution in [0.3, 0.4) is 0 Å². The first-order valence-corrected chi connectivity index (χ1v) is 8.55. The SMILES string of the molecule is CC(CCC(=O)O)CNC(=O)C1CCC2CCCCC2C1. The van der Waals surface area contributed by atoms with E-state index >= 15 is 0 Å². The molecule has 0 heterocycles. The molecule has 4 heteroatoms. The van der Waals surface area contributed by atoms with E-state index in [4.69, 9.17) is 5.11 Å². The van der Waals surface area contributed by atoms with E-state index < -0.39 is 5.97 Å². The molecule has 0 bridgehead atoms. The summed E-state index contributed by atoms with van der Waals surface area (Å²) in [7, 11) is 0. The number of hydrogen-bond acceptors (Lipinski definition) is 2. The van der Waals surface area contributed by atoms with Crippen LogP contribution in [0.15, 0.2) is 0 Å². The number of carboxylic acids is 1. The fourth-order valence-corrected chi connectivity index (χ4v) is 4.00. The number of carboxylic acid groups (broad SMARTS) is 1. The minimum Gasteiger partial charge on any atom is -0.481 e. The molecule has 0 aromatic carbocycles. The van der Waals surface area contributed by atoms with Crippen LogP contribution in [-0.2, 0) is 9.59 Å². The van der Waals surface area contributed by atoms with Crippen molar-refractivity contribution in [2.45, 2.75) is 64.7 Å². The molecule has 0 radical (unpaired) electrons. The van der Waals surface area contributed by atoms with Gasteiger partial charge in [-0.2, -0.15) is 0 Å². The molecular formula is C17H29NO3. The van der Waals surface area contributed by atoms with Crippen LogP contribution in [0.5, 0.6) is 0 Å². The van der Waals surface area contributed by atoms with Crippen molar-refractivity contribution >= 4 is 11.9 Å². The molecule has 21 heavy (non-hydrogen) atoms. The fraction of sp³-hybridized carbons (Fsp3) is 0.882. The Morgan fingerprint density at radius 1 is 1.14 bits per heavy atom. The van der Waals surface area contributed by atoms with E-state index in [1.54, 1.807) is 0 Å². The van der Waals surface area contributed by atoms with E-state index in [-0.39, 0.29) is 24.2 Å². The van der Waals surface area contributed by atoms with E-state index in [0.29, 0.717) is 13.0 Å². The molecule has 2 saturated carbocycles. The molecule has 0 saturated heterocycles. The molecule has 120 valence electrons. The summed E-state index contributed by atoms with van der Waals surface area (Å²) in [6, 6.07) is 0. The highest BCUT2D eigenvalue weighted by molar-refractivity contribution is 5.78. The summed E-state index contributed by atoms with van der Waals surface area (Å²) in [6.45, 7) is 2.61. The van der Waals surface area contributed by atoms with Gasteiger partial charge in [0.05, 0.1) is 0 Å². The highest BCUT2D eigenvalue weighted by Gasteiger charge is 2.34. The summed E-state index contributed by atoms with van der Waals surface area (Å²) in [5, 5.41) is 11.7. The zero-order chi connectivity index (χ0) is 15.2. The third-order valence-corrected chi connectivity index (χ3v) is 5.39. The molecule has 2 aliphatic carbocycles. The number of rotatable bonds is 6. The van der Waals surface area contributed by atoms with Gasteiger partial charge < -0.3 is 10.4 Å². The maximum Gasteiger partial charge on any atom is 0.303 e. The Kier molecular flexibility index (Phi) is 6.07. The lowest BCUT2D eigenvalue weighted by Crippen LogP contribution is -2.38. The van der Waals surface area contributed by atoms with Gasteiger partial charge in [0.1, 0.15) is 0 Å². The van der Waals surface area contributed by atoms with E-state index in [1.165, 1.54) is 32.1 Å². The van der Waals surface area contributed by atoms with Crippen molar-refractivity contribution in [1.29, 1.82) is 0 Å². The number of nitrogens with one attached hydrogen (secondary N) is 1. The number of aliphatic carboxylic acids is 1. The van der Waals surface area contributed by atoms with Gasteiger partial charge in [-0.3, -0.25) is 9.59 Å². The Labute approximate surface area is 127 Å². The van der Waals surface area contributed by atoms with Crippen molar-refractivity contribution in [2.75, 3.05) is 6.54 Å². The summed E-state index contributed by atoms with van der Waals surface area (Å²) in [4.78, 5) is 22.8. The van der Waals surface area contributed by atoms with Gasteiger partial charge in [0.25, 0.3) is 0 Å². The van der Waals surface area contributed by atoms with Crippen LogP contribution in [0.1, 0.15) is 64.7 Å². The Hall–Kier alpha value is -1.06. The van der Waals surface area contributed by atoms with Crippen LogP contribution >= 0.6 is 0 Å². The van der Waals surface area contributed by atoms with Crippen molar-refractivity contribution in [3.8, 4) is 0 Å². The lowest BCUT2D eigenvalue weighted by Gasteiger charge is -2.38. The molecule has 4 unspecified atom stereocenters. The standard InChI is InChI=1S/C17H29NO3/c1-12(6-9-16(19)20)11-18-17(21)15-8-7-13-4-2-3-5-14(13)10-15/h12-15H,2-11H2,1H3,(H,18,21)(H,19,20). The first kappa shape index (κ1) is 16.3. The van der Waals surface area contributed by atoms with Crippen molar-refractivity contribution in [3.63, 3.8) is 0 Å². The molecule has 2 fully saturated rings. The van der Waals surface area contributed by atoms with Gasteiger partial charge in [-0.15, -0.1) is 0 Å². The number of hydrogen-bond donors (Lipinski definition) is 2. The topological polar surface area (TPSA) is 66.4 Å². The number of carbonyl (C=O) groups is 2.